The summed E-state index contributed by atoms with van der Waals surface area (Å²) in [5.41, 5.74) is -1.72. The van der Waals surface area contributed by atoms with Crippen LogP contribution in [0.2, 0.25) is 0 Å². The van der Waals surface area contributed by atoms with E-state index in [9.17, 15) is 14.4 Å². The van der Waals surface area contributed by atoms with E-state index in [0.29, 0.717) is 18.6 Å². The lowest BCUT2D eigenvalue weighted by molar-refractivity contribution is -0.190. The molecule has 1 rings (SSSR count). The Morgan fingerprint density at radius 2 is 1.54 bits per heavy atom. The first-order valence-electron chi connectivity index (χ1n) is 14.4. The summed E-state index contributed by atoms with van der Waals surface area (Å²) in [6.45, 7) is 1.51. The van der Waals surface area contributed by atoms with E-state index in [1.807, 2.05) is 6.08 Å². The minimum atomic E-state index is -1.72. The molecular formula is C29H51NO11. The molecule has 41 heavy (non-hydrogen) atoms. The molecule has 0 aromatic heterocycles. The zero-order valence-corrected chi connectivity index (χ0v) is 25.5. The number of rotatable bonds is 26. The van der Waals surface area contributed by atoms with E-state index in [-0.39, 0.29) is 27.0 Å². The minimum absolute atomic E-state index is 0.0756. The molecule has 0 aliphatic carbocycles. The molecule has 12 heteroatoms. The lowest BCUT2D eigenvalue weighted by Gasteiger charge is -2.36. The summed E-state index contributed by atoms with van der Waals surface area (Å²) in [6.07, 6.45) is 10.4. The fourth-order valence-corrected chi connectivity index (χ4v) is 4.61. The number of hydrogen-bond acceptors (Lipinski definition) is 11. The van der Waals surface area contributed by atoms with E-state index >= 15 is 0 Å². The van der Waals surface area contributed by atoms with Crippen molar-refractivity contribution in [3.8, 4) is 0 Å². The zero-order valence-electron chi connectivity index (χ0n) is 25.5. The Kier molecular flexibility index (Phi) is 20.3. The number of nitrogens with one attached hydrogen (secondary N) is 1. The molecule has 0 aromatic rings. The topological polar surface area (TPSA) is 137 Å². The maximum Gasteiger partial charge on any atom is 0.408 e. The highest BCUT2D eigenvalue weighted by atomic mass is 16.7. The number of hydrogen-bond donors (Lipinski definition) is 1. The van der Waals surface area contributed by atoms with Crippen molar-refractivity contribution in [2.45, 2.75) is 101 Å². The van der Waals surface area contributed by atoms with Crippen molar-refractivity contribution < 1.29 is 52.3 Å². The van der Waals surface area contributed by atoms with Gasteiger partial charge in [0.05, 0.1) is 13.7 Å². The largest absolute Gasteiger partial charge is 0.467 e. The highest BCUT2D eigenvalue weighted by Gasteiger charge is 2.60. The average molecular weight is 590 g/mol. The van der Waals surface area contributed by atoms with Gasteiger partial charge in [0.15, 0.2) is 6.10 Å². The van der Waals surface area contributed by atoms with Gasteiger partial charge in [0.25, 0.3) is 0 Å². The summed E-state index contributed by atoms with van der Waals surface area (Å²) in [5, 5.41) is 2.54. The second kappa shape index (κ2) is 22.5. The molecule has 0 aromatic carbocycles. The van der Waals surface area contributed by atoms with Gasteiger partial charge in [0.2, 0.25) is 5.54 Å². The third-order valence-corrected chi connectivity index (χ3v) is 6.72. The zero-order chi connectivity index (χ0) is 30.3. The number of methoxy groups -OCH3 is 4. The van der Waals surface area contributed by atoms with Crippen molar-refractivity contribution in [2.24, 2.45) is 0 Å². The molecular weight excluding hydrogens is 538 g/mol. The number of carbonyl (C=O) groups excluding carboxylic acids is 3. The molecule has 1 aliphatic rings. The maximum absolute atomic E-state index is 13.0. The normalized spacial score (nSPS) is 20.1. The second-order valence-electron chi connectivity index (χ2n) is 9.97. The molecule has 1 amide bonds. The van der Waals surface area contributed by atoms with Crippen LogP contribution in [0, 0.1) is 0 Å². The molecule has 0 radical (unpaired) electrons. The molecule has 1 N–H and O–H groups in total. The number of carbonyl (C=O) groups is 3. The number of ether oxygens (including phenoxy) is 8. The van der Waals surface area contributed by atoms with Crippen molar-refractivity contribution in [2.75, 3.05) is 55.4 Å². The molecule has 0 bridgehead atoms. The Morgan fingerprint density at radius 1 is 0.902 bits per heavy atom. The fraction of sp³-hybridized carbons (Fsp3) is 0.828. The molecule has 0 unspecified atom stereocenters. The quantitative estimate of drug-likeness (QED) is 0.0677. The van der Waals surface area contributed by atoms with Crippen LogP contribution in [0.3, 0.4) is 0 Å². The second-order valence-corrected chi connectivity index (χ2v) is 9.97. The van der Waals surface area contributed by atoms with Crippen molar-refractivity contribution >= 4 is 17.8 Å². The Bertz CT molecular complexity index is 763. The van der Waals surface area contributed by atoms with Gasteiger partial charge in [-0.15, -0.1) is 0 Å². The summed E-state index contributed by atoms with van der Waals surface area (Å²) in [5.74, 6) is -0.414. The molecule has 0 saturated carbocycles. The predicted octanol–water partition coefficient (Wildman–Crippen LogP) is 4.04. The van der Waals surface area contributed by atoms with Crippen LogP contribution < -0.4 is 5.32 Å². The van der Waals surface area contributed by atoms with Crippen LogP contribution in [-0.4, -0.2) is 97.1 Å². The number of ketones is 1. The molecule has 238 valence electrons. The minimum Gasteiger partial charge on any atom is -0.467 e. The summed E-state index contributed by atoms with van der Waals surface area (Å²) in [6, 6.07) is 0. The van der Waals surface area contributed by atoms with Crippen molar-refractivity contribution in [1.29, 1.82) is 0 Å². The van der Waals surface area contributed by atoms with E-state index in [1.165, 1.54) is 41.3 Å². The summed E-state index contributed by atoms with van der Waals surface area (Å²) < 4.78 is 43.0. The Balaban J connectivity index is 2.84. The van der Waals surface area contributed by atoms with Gasteiger partial charge >= 0.3 is 12.1 Å². The summed E-state index contributed by atoms with van der Waals surface area (Å²) in [4.78, 5) is 37.4. The summed E-state index contributed by atoms with van der Waals surface area (Å²) >= 11 is 0. The van der Waals surface area contributed by atoms with Gasteiger partial charge in [-0.1, -0.05) is 51.2 Å². The third kappa shape index (κ3) is 13.6. The first-order chi connectivity index (χ1) is 19.9. The number of amides is 1. The van der Waals surface area contributed by atoms with Gasteiger partial charge in [-0.3, -0.25) is 10.1 Å². The van der Waals surface area contributed by atoms with E-state index in [1.54, 1.807) is 6.08 Å². The monoisotopic (exact) mass is 589 g/mol. The lowest BCUT2D eigenvalue weighted by Crippen LogP contribution is -2.64. The van der Waals surface area contributed by atoms with Gasteiger partial charge in [0, 0.05) is 34.2 Å². The molecule has 1 heterocycles. The van der Waals surface area contributed by atoms with E-state index < -0.39 is 35.9 Å². The smallest absolute Gasteiger partial charge is 0.408 e. The number of unbranched alkanes of at least 4 members (excludes halogenated alkanes) is 7. The third-order valence-electron chi connectivity index (χ3n) is 6.72. The fourth-order valence-electron chi connectivity index (χ4n) is 4.61. The Hall–Kier alpha value is -2.09. The number of alkyl carbamates (subject to hydrolysis) is 1. The van der Waals surface area contributed by atoms with Crippen LogP contribution in [0.4, 0.5) is 4.79 Å². The van der Waals surface area contributed by atoms with Crippen LogP contribution in [0.25, 0.3) is 0 Å². The van der Waals surface area contributed by atoms with Gasteiger partial charge in [0.1, 0.15) is 38.4 Å². The van der Waals surface area contributed by atoms with Gasteiger partial charge < -0.3 is 37.9 Å². The van der Waals surface area contributed by atoms with Crippen LogP contribution in [0.1, 0.15) is 77.6 Å². The number of Topliss-reactive ketones (excluding diaryl/α,β-unsaturated/α-hetero) is 1. The van der Waals surface area contributed by atoms with Crippen molar-refractivity contribution in [3.63, 3.8) is 0 Å². The van der Waals surface area contributed by atoms with Crippen LogP contribution in [0.5, 0.6) is 0 Å². The van der Waals surface area contributed by atoms with E-state index in [0.717, 1.165) is 44.9 Å². The first-order valence-corrected chi connectivity index (χ1v) is 14.4. The number of esters is 1. The van der Waals surface area contributed by atoms with Crippen molar-refractivity contribution in [1.82, 2.24) is 5.32 Å². The van der Waals surface area contributed by atoms with E-state index in [2.05, 4.69) is 12.2 Å². The highest BCUT2D eigenvalue weighted by Crippen LogP contribution is 2.31. The molecule has 1 aliphatic heterocycles. The predicted molar refractivity (Wildman–Crippen MR) is 150 cm³/mol. The van der Waals surface area contributed by atoms with Crippen molar-refractivity contribution in [3.05, 3.63) is 12.2 Å². The Labute approximate surface area is 244 Å². The van der Waals surface area contributed by atoms with Crippen LogP contribution in [-0.2, 0) is 47.5 Å². The van der Waals surface area contributed by atoms with Gasteiger partial charge in [-0.25, -0.2) is 9.59 Å². The average Bonchev–Trinajstić information content (AvgIpc) is 3.31. The molecule has 1 saturated heterocycles. The van der Waals surface area contributed by atoms with Gasteiger partial charge in [-0.05, 0) is 25.7 Å². The first kappa shape index (κ1) is 36.9. The molecule has 1 fully saturated rings. The van der Waals surface area contributed by atoms with E-state index in [4.69, 9.17) is 37.9 Å². The van der Waals surface area contributed by atoms with Gasteiger partial charge in [-0.2, -0.15) is 0 Å². The molecule has 4 atom stereocenters. The highest BCUT2D eigenvalue weighted by molar-refractivity contribution is 5.89. The summed E-state index contributed by atoms with van der Waals surface area (Å²) in [7, 11) is 5.57. The van der Waals surface area contributed by atoms with Crippen LogP contribution >= 0.6 is 0 Å². The number of allylic oxidation sites excluding steroid dienone is 1. The maximum atomic E-state index is 13.0. The molecule has 12 nitrogen and oxygen atoms in total. The lowest BCUT2D eigenvalue weighted by atomic mass is 9.87. The Morgan fingerprint density at radius 3 is 2.17 bits per heavy atom. The standard InChI is InChI=1S/C29H51NO11/c1-6-7-8-13-16-23(31)17-14-11-9-10-12-15-18-24(39-21-35-3)25(40-22-36-4)26-29(27(32)37-5,19-38-20-34-2)30-28(33)41-26/h15,18,24-26H,6-14,16-17,19-22H2,1-5H3,(H,30,33)/b18-15+/t24-,25+,26-,29-/m0/s1. The SMILES string of the molecule is CCCCCCC(=O)CCCCCC/C=C/[C@H](OCOC)[C@@H](OCOC)[C@@H]1OC(=O)N[C@]1(COCOC)C(=O)OC. The van der Waals surface area contributed by atoms with Crippen LogP contribution in [0.15, 0.2) is 12.2 Å². The molecule has 0 spiro atoms. The number of cyclic esters (lactones) is 1.